The van der Waals surface area contributed by atoms with Crippen molar-refractivity contribution >= 4 is 0 Å². The van der Waals surface area contributed by atoms with Gasteiger partial charge in [-0.05, 0) is 0 Å². The Hall–Kier alpha value is 0.799. The Bertz CT molecular complexity index is 6.49. The van der Waals surface area contributed by atoms with E-state index in [0.29, 0.717) is 0 Å². The number of hydrogen-bond donors (Lipinski definition) is 0. The maximum atomic E-state index is 0. The molecule has 8 heavy (non-hydrogen) atoms. The summed E-state index contributed by atoms with van der Waals surface area (Å²) in [5, 5.41) is 0. The van der Waals surface area contributed by atoms with Gasteiger partial charge in [0.2, 0.25) is 0 Å². The van der Waals surface area contributed by atoms with Gasteiger partial charge in [0.25, 0.3) is 0 Å². The third-order valence-electron chi connectivity index (χ3n) is 0. The van der Waals surface area contributed by atoms with Gasteiger partial charge in [-0.1, -0.05) is 0 Å². The molecule has 0 atom stereocenters. The Balaban J connectivity index is 0. The van der Waals surface area contributed by atoms with Crippen LogP contribution in [0.5, 0.6) is 0 Å². The first-order valence-electron chi connectivity index (χ1n) is 0. The van der Waals surface area contributed by atoms with Crippen LogP contribution >= 0.6 is 0 Å². The molecule has 0 saturated carbocycles. The summed E-state index contributed by atoms with van der Waals surface area (Å²) >= 11 is 0. The first kappa shape index (κ1) is 838. The van der Waals surface area contributed by atoms with E-state index < -0.39 is 0 Å². The Morgan fingerprint density at radius 1 is 0.375 bits per heavy atom. The zero-order valence-electron chi connectivity index (χ0n) is 3.43. The molecule has 0 rings (SSSR count). The smallest absolute Gasteiger partial charge is 2.00 e. The van der Waals surface area contributed by atoms with Crippen molar-refractivity contribution in [2.75, 3.05) is 0 Å². The van der Waals surface area contributed by atoms with Crippen molar-refractivity contribution in [3.8, 4) is 0 Å². The van der Waals surface area contributed by atoms with E-state index in [0.717, 1.165) is 0 Å². The maximum Gasteiger partial charge on any atom is 3.00 e. The fourth-order valence-corrected chi connectivity index (χ4v) is 0. The zero-order valence-corrected chi connectivity index (χ0v) is 5.64. The van der Waals surface area contributed by atoms with Crippen LogP contribution in [-0.2, 0) is 50.6 Å². The monoisotopic (exact) mass is 214 g/mol. The van der Waals surface area contributed by atoms with Gasteiger partial charge in [0.05, 0.1) is 0 Å². The minimum Gasteiger partial charge on any atom is -2.00 e. The van der Waals surface area contributed by atoms with Crippen LogP contribution in [0.2, 0.25) is 0 Å². The van der Waals surface area contributed by atoms with Crippen LogP contribution in [0.3, 0.4) is 0 Å². The molecule has 2 radical (unpaired) electrons. The average Bonchev–Trinajstić information content (AvgIpc) is 0. The van der Waals surface area contributed by atoms with Crippen LogP contribution in [0.1, 0.15) is 0 Å². The van der Waals surface area contributed by atoms with E-state index >= 15 is 0 Å². The van der Waals surface area contributed by atoms with Crippen LogP contribution < -0.4 is 0 Å². The normalized spacial score (nSPS) is 0. The van der Waals surface area contributed by atoms with Crippen molar-refractivity contribution in [2.45, 2.75) is 0 Å². The summed E-state index contributed by atoms with van der Waals surface area (Å²) in [6.45, 7) is 0. The fraction of sp³-hybridized carbons (Fsp3) is 0. The van der Waals surface area contributed by atoms with Crippen molar-refractivity contribution in [1.29, 1.82) is 0 Å². The van der Waals surface area contributed by atoms with Gasteiger partial charge in [-0.2, -0.15) is 0 Å². The van der Waals surface area contributed by atoms with Gasteiger partial charge >= 0.3 is 34.1 Å². The molecule has 0 aliphatic rings. The van der Waals surface area contributed by atoms with Gasteiger partial charge < -0.3 is 32.9 Å². The number of rotatable bonds is 0. The summed E-state index contributed by atoms with van der Waals surface area (Å²) in [5.74, 6) is 0. The molecule has 6 N–H and O–H groups in total. The third-order valence-corrected chi connectivity index (χ3v) is 0. The van der Waals surface area contributed by atoms with E-state index in [4.69, 9.17) is 0 Å². The van der Waals surface area contributed by atoms with E-state index in [1.807, 2.05) is 0 Å². The Kier molecular flexibility index (Phi) is 59200. The first-order chi connectivity index (χ1) is 0. The molecule has 0 saturated heterocycles. The Morgan fingerprint density at radius 2 is 0.375 bits per heavy atom. The van der Waals surface area contributed by atoms with Gasteiger partial charge in [-0.3, -0.25) is 0 Å². The van der Waals surface area contributed by atoms with Crippen LogP contribution in [0.15, 0.2) is 0 Å². The summed E-state index contributed by atoms with van der Waals surface area (Å²) in [5.41, 5.74) is 0. The summed E-state index contributed by atoms with van der Waals surface area (Å²) in [7, 11) is 0. The first-order valence-corrected chi connectivity index (χ1v) is 0. The van der Waals surface area contributed by atoms with Crippen LogP contribution in [0.25, 0.3) is 0 Å². The quantitative estimate of drug-likeness (QED) is 0.376. The van der Waals surface area contributed by atoms with Crippen molar-refractivity contribution in [3.05, 3.63) is 0 Å². The largest absolute Gasteiger partial charge is 3.00 e. The van der Waals surface area contributed by atoms with Crippen molar-refractivity contribution in [3.63, 3.8) is 0 Å². The predicted molar refractivity (Wildman–Crippen MR) is 12.9 cm³/mol. The molecule has 58 valence electrons. The predicted octanol–water partition coefficient (Wildman–Crippen LogP) is -2.84. The van der Waals surface area contributed by atoms with Crippen LogP contribution in [0.4, 0.5) is 0 Å². The minimum atomic E-state index is 0. The molecule has 8 heteroatoms. The minimum absolute atomic E-state index is 0. The summed E-state index contributed by atoms with van der Waals surface area (Å²) < 4.78 is 0. The van der Waals surface area contributed by atoms with Crippen LogP contribution in [-0.4, -0.2) is 16.4 Å². The van der Waals surface area contributed by atoms with E-state index in [1.165, 1.54) is 0 Å². The second-order valence-corrected chi connectivity index (χ2v) is 0. The third kappa shape index (κ3) is 358. The van der Waals surface area contributed by atoms with Gasteiger partial charge in [-0.15, -0.1) is 0 Å². The summed E-state index contributed by atoms with van der Waals surface area (Å²) in [4.78, 5) is 0. The van der Waals surface area contributed by atoms with Crippen molar-refractivity contribution in [2.24, 2.45) is 0 Å². The molecule has 0 fully saturated rings. The number of hydrogen-bond acceptors (Lipinski definition) is 0. The fourth-order valence-electron chi connectivity index (χ4n) is 0. The molecule has 0 aromatic rings. The van der Waals surface area contributed by atoms with E-state index in [2.05, 4.69) is 0 Å². The standard InChI is InChI=1S/2Fe.3H2O.3O/h;;3*1H2;;;/q2*+3;;;;3*-2. The van der Waals surface area contributed by atoms with Gasteiger partial charge in [0, 0.05) is 0 Å². The molecular formula is H6Fe2O6. The van der Waals surface area contributed by atoms with Crippen LogP contribution in [0, 0.1) is 0 Å². The second-order valence-electron chi connectivity index (χ2n) is 0. The molecule has 0 aromatic carbocycles. The van der Waals surface area contributed by atoms with Crippen molar-refractivity contribution in [1.82, 2.24) is 0 Å². The zero-order chi connectivity index (χ0) is 0. The van der Waals surface area contributed by atoms with E-state index in [-0.39, 0.29) is 67.0 Å². The van der Waals surface area contributed by atoms with E-state index in [9.17, 15) is 0 Å². The van der Waals surface area contributed by atoms with E-state index in [1.54, 1.807) is 0 Å². The molecule has 0 aromatic heterocycles. The average molecular weight is 214 g/mol. The summed E-state index contributed by atoms with van der Waals surface area (Å²) in [6, 6.07) is 0. The maximum absolute atomic E-state index is 0. The summed E-state index contributed by atoms with van der Waals surface area (Å²) in [6.07, 6.45) is 0. The Labute approximate surface area is 67.4 Å². The van der Waals surface area contributed by atoms with Crippen molar-refractivity contribution < 1.29 is 67.0 Å². The SMILES string of the molecule is O.O.O.[Fe+3].[Fe+3].[O-2].[O-2].[O-2]. The molecule has 0 amide bonds. The molecular weight excluding hydrogens is 208 g/mol. The molecule has 0 aliphatic heterocycles. The van der Waals surface area contributed by atoms with Gasteiger partial charge in [-0.25, -0.2) is 0 Å². The molecule has 6 nitrogen and oxygen atoms in total. The molecule has 0 aliphatic carbocycles. The Morgan fingerprint density at radius 3 is 0.375 bits per heavy atom. The van der Waals surface area contributed by atoms with Gasteiger partial charge in [0.1, 0.15) is 0 Å². The van der Waals surface area contributed by atoms with Gasteiger partial charge in [0.15, 0.2) is 0 Å². The molecule has 0 bridgehead atoms. The topological polar surface area (TPSA) is 180 Å². The molecule has 0 heterocycles. The molecule has 0 unspecified atom stereocenters. The molecule has 0 spiro atoms. The second kappa shape index (κ2) is 565.